The van der Waals surface area contributed by atoms with E-state index >= 15 is 0 Å². The molecule has 8 heteroatoms. The van der Waals surface area contributed by atoms with Gasteiger partial charge in [0.2, 0.25) is 0 Å². The van der Waals surface area contributed by atoms with Gasteiger partial charge >= 0.3 is 5.91 Å². The first kappa shape index (κ1) is 16.1. The zero-order valence-corrected chi connectivity index (χ0v) is 14.6. The van der Waals surface area contributed by atoms with Gasteiger partial charge in [-0.1, -0.05) is 18.2 Å². The third kappa shape index (κ3) is 2.55. The van der Waals surface area contributed by atoms with E-state index in [1.807, 2.05) is 39.0 Å². The monoisotopic (exact) mass is 351 g/mol. The van der Waals surface area contributed by atoms with Crippen LogP contribution in [0.4, 0.5) is 0 Å². The van der Waals surface area contributed by atoms with Gasteiger partial charge in [0.1, 0.15) is 17.3 Å². The van der Waals surface area contributed by atoms with Gasteiger partial charge in [0, 0.05) is 5.39 Å². The predicted molar refractivity (Wildman–Crippen MR) is 96.7 cm³/mol. The fourth-order valence-corrected chi connectivity index (χ4v) is 2.74. The number of nitrogens with zero attached hydrogens (tertiary/aromatic N) is 4. The lowest BCUT2D eigenvalue weighted by Crippen LogP contribution is -2.33. The minimum absolute atomic E-state index is 0.114. The third-order valence-electron chi connectivity index (χ3n) is 4.00. The fraction of sp³-hybridized carbons (Fsp3) is 0.222. The van der Waals surface area contributed by atoms with E-state index in [1.54, 1.807) is 16.8 Å². The van der Waals surface area contributed by atoms with Crippen LogP contribution < -0.4 is 11.0 Å². The van der Waals surface area contributed by atoms with Crippen molar-refractivity contribution in [3.8, 4) is 0 Å². The number of aromatic nitrogens is 4. The number of hydrogen-bond donors (Lipinski definition) is 1. The zero-order valence-electron chi connectivity index (χ0n) is 14.6. The number of furan rings is 1. The van der Waals surface area contributed by atoms with Crippen molar-refractivity contribution in [1.82, 2.24) is 19.4 Å². The van der Waals surface area contributed by atoms with Crippen LogP contribution >= 0.6 is 0 Å². The Morgan fingerprint density at radius 3 is 2.73 bits per heavy atom. The number of hydrogen-bond acceptors (Lipinski definition) is 5. The average Bonchev–Trinajstić information content (AvgIpc) is 3.21. The molecule has 3 aromatic heterocycles. The van der Waals surface area contributed by atoms with Crippen molar-refractivity contribution in [2.75, 3.05) is 5.43 Å². The lowest BCUT2D eigenvalue weighted by atomic mass is 10.1. The molecule has 132 valence electrons. The molecule has 0 fully saturated rings. The molecule has 1 amide bonds. The molecule has 0 aliphatic carbocycles. The number of amides is 1. The van der Waals surface area contributed by atoms with Crippen LogP contribution in [0, 0.1) is 0 Å². The van der Waals surface area contributed by atoms with Crippen LogP contribution in [0.15, 0.2) is 52.1 Å². The Morgan fingerprint density at radius 2 is 2.00 bits per heavy atom. The maximum absolute atomic E-state index is 12.6. The molecular weight excluding hydrogens is 334 g/mol. The summed E-state index contributed by atoms with van der Waals surface area (Å²) in [7, 11) is 0. The second-order valence-electron chi connectivity index (χ2n) is 6.97. The Bertz CT molecular complexity index is 1160. The largest absolute Gasteiger partial charge is 0.451 e. The minimum atomic E-state index is -0.535. The first-order valence-corrected chi connectivity index (χ1v) is 8.10. The number of nitrogens with one attached hydrogen (secondary N) is 1. The second kappa shape index (κ2) is 5.55. The molecule has 4 rings (SSSR count). The van der Waals surface area contributed by atoms with E-state index in [9.17, 15) is 9.59 Å². The van der Waals surface area contributed by atoms with Crippen LogP contribution in [0.2, 0.25) is 0 Å². The summed E-state index contributed by atoms with van der Waals surface area (Å²) in [6, 6.07) is 8.92. The van der Waals surface area contributed by atoms with E-state index in [0.717, 1.165) is 10.1 Å². The van der Waals surface area contributed by atoms with Crippen molar-refractivity contribution < 1.29 is 9.21 Å². The number of rotatable bonds is 2. The Balaban J connectivity index is 1.70. The molecule has 4 aromatic rings. The van der Waals surface area contributed by atoms with Gasteiger partial charge in [0.25, 0.3) is 5.56 Å². The summed E-state index contributed by atoms with van der Waals surface area (Å²) >= 11 is 0. The SMILES string of the molecule is CC(C)(C)n1ncc2c(=O)n(NC(=O)c3cc4ccccc4o3)cnc21. The van der Waals surface area contributed by atoms with Crippen LogP contribution in [0.5, 0.6) is 0 Å². The Kier molecular flexibility index (Phi) is 3.43. The van der Waals surface area contributed by atoms with E-state index in [4.69, 9.17) is 4.42 Å². The first-order valence-electron chi connectivity index (χ1n) is 8.10. The highest BCUT2D eigenvalue weighted by Crippen LogP contribution is 2.19. The molecule has 0 unspecified atom stereocenters. The minimum Gasteiger partial charge on any atom is -0.451 e. The van der Waals surface area contributed by atoms with Gasteiger partial charge in [-0.2, -0.15) is 5.10 Å². The maximum Gasteiger partial charge on any atom is 0.305 e. The molecule has 0 atom stereocenters. The molecule has 3 heterocycles. The number of carbonyl (C=O) groups excluding carboxylic acids is 1. The molecule has 1 aromatic carbocycles. The third-order valence-corrected chi connectivity index (χ3v) is 4.00. The van der Waals surface area contributed by atoms with Crippen molar-refractivity contribution in [2.45, 2.75) is 26.3 Å². The normalized spacial score (nSPS) is 12.0. The molecule has 0 saturated heterocycles. The lowest BCUT2D eigenvalue weighted by molar-refractivity contribution is 0.0982. The molecule has 0 aliphatic rings. The highest BCUT2D eigenvalue weighted by molar-refractivity contribution is 6.00. The van der Waals surface area contributed by atoms with Crippen molar-refractivity contribution >= 4 is 27.9 Å². The van der Waals surface area contributed by atoms with Gasteiger partial charge in [-0.15, -0.1) is 0 Å². The van der Waals surface area contributed by atoms with Crippen molar-refractivity contribution in [3.63, 3.8) is 0 Å². The molecule has 8 nitrogen and oxygen atoms in total. The molecule has 0 radical (unpaired) electrons. The van der Waals surface area contributed by atoms with Crippen LogP contribution in [0.3, 0.4) is 0 Å². The standard InChI is InChI=1S/C18H17N5O3/c1-18(2,3)23-15-12(9-20-23)17(25)22(10-19-15)21-16(24)14-8-11-6-4-5-7-13(11)26-14/h4-10H,1-3H3,(H,21,24). The summed E-state index contributed by atoms with van der Waals surface area (Å²) in [5.74, 6) is -0.420. The van der Waals surface area contributed by atoms with Crippen molar-refractivity contribution in [3.05, 3.63) is 59.0 Å². The molecule has 1 N–H and O–H groups in total. The molecule has 26 heavy (non-hydrogen) atoms. The Hall–Kier alpha value is -3.42. The zero-order chi connectivity index (χ0) is 18.5. The number of para-hydroxylation sites is 1. The van der Waals surface area contributed by atoms with Gasteiger partial charge < -0.3 is 4.42 Å². The number of carbonyl (C=O) groups is 1. The average molecular weight is 351 g/mol. The molecular formula is C18H17N5O3. The molecule has 0 aliphatic heterocycles. The Labute approximate surface area is 148 Å². The summed E-state index contributed by atoms with van der Waals surface area (Å²) in [4.78, 5) is 29.3. The van der Waals surface area contributed by atoms with E-state index in [2.05, 4.69) is 15.5 Å². The fourth-order valence-electron chi connectivity index (χ4n) is 2.74. The van der Waals surface area contributed by atoms with Gasteiger partial charge in [-0.3, -0.25) is 15.0 Å². The van der Waals surface area contributed by atoms with Gasteiger partial charge in [-0.05, 0) is 32.9 Å². The highest BCUT2D eigenvalue weighted by Gasteiger charge is 2.20. The van der Waals surface area contributed by atoms with E-state index in [0.29, 0.717) is 16.6 Å². The van der Waals surface area contributed by atoms with E-state index < -0.39 is 11.5 Å². The van der Waals surface area contributed by atoms with Crippen LogP contribution in [0.1, 0.15) is 31.3 Å². The summed E-state index contributed by atoms with van der Waals surface area (Å²) < 4.78 is 8.22. The van der Waals surface area contributed by atoms with Crippen LogP contribution in [-0.2, 0) is 5.54 Å². The number of benzene rings is 1. The lowest BCUT2D eigenvalue weighted by Gasteiger charge is -2.19. The van der Waals surface area contributed by atoms with Gasteiger partial charge in [-0.25, -0.2) is 14.3 Å². The van der Waals surface area contributed by atoms with Crippen LogP contribution in [-0.4, -0.2) is 25.3 Å². The maximum atomic E-state index is 12.6. The summed E-state index contributed by atoms with van der Waals surface area (Å²) in [6.07, 6.45) is 2.73. The highest BCUT2D eigenvalue weighted by atomic mass is 16.3. The first-order chi connectivity index (χ1) is 12.3. The van der Waals surface area contributed by atoms with Crippen molar-refractivity contribution in [2.24, 2.45) is 0 Å². The summed E-state index contributed by atoms with van der Waals surface area (Å²) in [5, 5.41) is 5.38. The number of fused-ring (bicyclic) bond motifs is 2. The smallest absolute Gasteiger partial charge is 0.305 e. The van der Waals surface area contributed by atoms with Gasteiger partial charge in [0.15, 0.2) is 11.4 Å². The second-order valence-corrected chi connectivity index (χ2v) is 6.97. The summed E-state index contributed by atoms with van der Waals surface area (Å²) in [5.41, 5.74) is 2.85. The quantitative estimate of drug-likeness (QED) is 0.599. The van der Waals surface area contributed by atoms with E-state index in [-0.39, 0.29) is 11.3 Å². The predicted octanol–water partition coefficient (Wildman–Crippen LogP) is 2.48. The topological polar surface area (TPSA) is 95.0 Å². The molecule has 0 bridgehead atoms. The molecule has 0 saturated carbocycles. The van der Waals surface area contributed by atoms with Gasteiger partial charge in [0.05, 0.1) is 11.7 Å². The summed E-state index contributed by atoms with van der Waals surface area (Å²) in [6.45, 7) is 5.90. The van der Waals surface area contributed by atoms with Crippen molar-refractivity contribution in [1.29, 1.82) is 0 Å². The van der Waals surface area contributed by atoms with E-state index in [1.165, 1.54) is 12.5 Å². The Morgan fingerprint density at radius 1 is 1.23 bits per heavy atom. The molecule has 0 spiro atoms. The van der Waals surface area contributed by atoms with Crippen LogP contribution in [0.25, 0.3) is 22.0 Å².